The highest BCUT2D eigenvalue weighted by Crippen LogP contribution is 2.24. The van der Waals surface area contributed by atoms with E-state index in [4.69, 9.17) is 5.73 Å². The molecule has 0 unspecified atom stereocenters. The molecule has 0 aliphatic heterocycles. The van der Waals surface area contributed by atoms with Crippen molar-refractivity contribution in [2.75, 3.05) is 10.6 Å². The number of carbonyl (C=O) groups is 1. The predicted molar refractivity (Wildman–Crippen MR) is 121 cm³/mol. The zero-order valence-electron chi connectivity index (χ0n) is 17.5. The highest BCUT2D eigenvalue weighted by atomic mass is 16.6. The number of carbonyl (C=O) groups excluding carboxylic acids is 1. The molecule has 0 aliphatic carbocycles. The van der Waals surface area contributed by atoms with Gasteiger partial charge >= 0.3 is 5.69 Å². The Labute approximate surface area is 183 Å². The minimum absolute atomic E-state index is 0.0141. The number of unbranched alkanes of at least 4 members (excludes halogenated alkanes) is 1. The number of hydrogen-bond donors (Lipinski definition) is 2. The molecule has 2 aromatic carbocycles. The van der Waals surface area contributed by atoms with Gasteiger partial charge in [-0.05, 0) is 18.1 Å². The molecule has 3 N–H and O–H groups in total. The van der Waals surface area contributed by atoms with E-state index in [-0.39, 0.29) is 35.8 Å². The van der Waals surface area contributed by atoms with Gasteiger partial charge in [0.1, 0.15) is 5.82 Å². The summed E-state index contributed by atoms with van der Waals surface area (Å²) in [5.41, 5.74) is 5.03. The molecule has 1 aromatic heterocycles. The molecule has 166 valence electrons. The third kappa shape index (κ3) is 4.75. The van der Waals surface area contributed by atoms with Crippen molar-refractivity contribution in [2.45, 2.75) is 32.9 Å². The Hall–Kier alpha value is -4.21. The normalized spacial score (nSPS) is 10.7. The monoisotopic (exact) mass is 437 g/mol. The number of nitro benzene ring substituents is 1. The molecule has 3 rings (SSSR count). The maximum atomic E-state index is 13.4. The Morgan fingerprint density at radius 2 is 1.88 bits per heavy atom. The number of hydrogen-bond acceptors (Lipinski definition) is 6. The van der Waals surface area contributed by atoms with E-state index in [1.165, 1.54) is 22.8 Å². The van der Waals surface area contributed by atoms with E-state index in [1.54, 1.807) is 24.3 Å². The second kappa shape index (κ2) is 9.73. The predicted octanol–water partition coefficient (Wildman–Crippen LogP) is 2.67. The summed E-state index contributed by atoms with van der Waals surface area (Å²) in [5.74, 6) is -0.794. The quantitative estimate of drug-likeness (QED) is 0.409. The van der Waals surface area contributed by atoms with Gasteiger partial charge in [0, 0.05) is 24.2 Å². The van der Waals surface area contributed by atoms with Gasteiger partial charge in [0.05, 0.1) is 11.5 Å². The SMILES string of the molecule is CCCCn1c(N)c(N(Cc2ccccc2)C(=O)c2cccc([N+](=O)[O-])c2)c(=O)[nH]c1=O. The van der Waals surface area contributed by atoms with E-state index in [9.17, 15) is 24.5 Å². The number of nitrogens with one attached hydrogen (secondary N) is 1. The van der Waals surface area contributed by atoms with E-state index < -0.39 is 22.1 Å². The van der Waals surface area contributed by atoms with E-state index in [0.29, 0.717) is 12.0 Å². The number of H-pyrrole nitrogens is 1. The van der Waals surface area contributed by atoms with Crippen LogP contribution >= 0.6 is 0 Å². The first-order chi connectivity index (χ1) is 15.3. The fourth-order valence-corrected chi connectivity index (χ4v) is 3.30. The minimum Gasteiger partial charge on any atom is -0.383 e. The van der Waals surface area contributed by atoms with Crippen LogP contribution in [-0.4, -0.2) is 20.4 Å². The third-order valence-electron chi connectivity index (χ3n) is 4.95. The molecule has 3 aromatic rings. The smallest absolute Gasteiger partial charge is 0.330 e. The number of non-ortho nitro benzene ring substituents is 1. The van der Waals surface area contributed by atoms with Crippen LogP contribution < -0.4 is 21.9 Å². The number of nitrogen functional groups attached to an aromatic ring is 1. The van der Waals surface area contributed by atoms with Crippen LogP contribution in [0.1, 0.15) is 35.7 Å². The lowest BCUT2D eigenvalue weighted by atomic mass is 10.1. The molecule has 0 saturated carbocycles. The van der Waals surface area contributed by atoms with Crippen LogP contribution in [0.5, 0.6) is 0 Å². The van der Waals surface area contributed by atoms with E-state index in [0.717, 1.165) is 17.4 Å². The first kappa shape index (κ1) is 22.5. The van der Waals surface area contributed by atoms with Crippen molar-refractivity contribution in [3.05, 3.63) is 96.7 Å². The summed E-state index contributed by atoms with van der Waals surface area (Å²) in [4.78, 5) is 52.5. The zero-order chi connectivity index (χ0) is 23.3. The average Bonchev–Trinajstić information content (AvgIpc) is 2.78. The van der Waals surface area contributed by atoms with Crippen LogP contribution in [-0.2, 0) is 13.1 Å². The van der Waals surface area contributed by atoms with Crippen molar-refractivity contribution in [1.82, 2.24) is 9.55 Å². The summed E-state index contributed by atoms with van der Waals surface area (Å²) in [6.45, 7) is 2.19. The fourth-order valence-electron chi connectivity index (χ4n) is 3.30. The Balaban J connectivity index is 2.17. The van der Waals surface area contributed by atoms with Gasteiger partial charge in [0.2, 0.25) is 0 Å². The first-order valence-corrected chi connectivity index (χ1v) is 10.1. The number of aromatic nitrogens is 2. The Bertz CT molecular complexity index is 1250. The lowest BCUT2D eigenvalue weighted by Crippen LogP contribution is -2.41. The van der Waals surface area contributed by atoms with Gasteiger partial charge in [-0.3, -0.25) is 34.2 Å². The van der Waals surface area contributed by atoms with Crippen LogP contribution in [0.4, 0.5) is 17.2 Å². The van der Waals surface area contributed by atoms with Gasteiger partial charge in [0.15, 0.2) is 5.69 Å². The summed E-state index contributed by atoms with van der Waals surface area (Å²) < 4.78 is 1.22. The zero-order valence-corrected chi connectivity index (χ0v) is 17.5. The molecule has 1 heterocycles. The molecule has 0 radical (unpaired) electrons. The highest BCUT2D eigenvalue weighted by Gasteiger charge is 2.26. The maximum absolute atomic E-state index is 13.4. The van der Waals surface area contributed by atoms with Crippen LogP contribution in [0.15, 0.2) is 64.2 Å². The first-order valence-electron chi connectivity index (χ1n) is 10.1. The summed E-state index contributed by atoms with van der Waals surface area (Å²) >= 11 is 0. The number of nitro groups is 1. The number of amides is 1. The van der Waals surface area contributed by atoms with Crippen molar-refractivity contribution >= 4 is 23.1 Å². The molecule has 0 fully saturated rings. The van der Waals surface area contributed by atoms with Gasteiger partial charge < -0.3 is 5.73 Å². The fraction of sp³-hybridized carbons (Fsp3) is 0.227. The molecule has 0 atom stereocenters. The Morgan fingerprint density at radius 3 is 2.53 bits per heavy atom. The van der Waals surface area contributed by atoms with E-state index in [2.05, 4.69) is 4.98 Å². The van der Waals surface area contributed by atoms with Crippen LogP contribution in [0, 0.1) is 10.1 Å². The topological polar surface area (TPSA) is 144 Å². The standard InChI is InChI=1S/C22H23N5O5/c1-2-3-12-25-19(23)18(20(28)24-22(25)30)26(14-15-8-5-4-6-9-15)21(29)16-10-7-11-17(13-16)27(31)32/h4-11,13H,2-3,12,14,23H2,1H3,(H,24,28,30). The van der Waals surface area contributed by atoms with Crippen molar-refractivity contribution in [2.24, 2.45) is 0 Å². The van der Waals surface area contributed by atoms with Gasteiger partial charge in [-0.2, -0.15) is 0 Å². The Morgan fingerprint density at radius 1 is 1.16 bits per heavy atom. The molecule has 0 bridgehead atoms. The Kier molecular flexibility index (Phi) is 6.83. The van der Waals surface area contributed by atoms with E-state index in [1.807, 2.05) is 13.0 Å². The summed E-state index contributed by atoms with van der Waals surface area (Å²) in [5, 5.41) is 11.2. The van der Waals surface area contributed by atoms with Gasteiger partial charge in [-0.1, -0.05) is 49.7 Å². The number of rotatable bonds is 8. The number of anilines is 2. The molecule has 1 amide bonds. The molecule has 32 heavy (non-hydrogen) atoms. The molecule has 0 aliphatic rings. The second-order valence-electron chi connectivity index (χ2n) is 7.18. The highest BCUT2D eigenvalue weighted by molar-refractivity contribution is 6.07. The molecule has 0 spiro atoms. The largest absolute Gasteiger partial charge is 0.383 e. The van der Waals surface area contributed by atoms with Crippen LogP contribution in [0.3, 0.4) is 0 Å². The molecular formula is C22H23N5O5. The maximum Gasteiger partial charge on any atom is 0.330 e. The molecular weight excluding hydrogens is 414 g/mol. The van der Waals surface area contributed by atoms with Gasteiger partial charge in [0.25, 0.3) is 17.2 Å². The second-order valence-corrected chi connectivity index (χ2v) is 7.18. The average molecular weight is 437 g/mol. The van der Waals surface area contributed by atoms with Crippen LogP contribution in [0.25, 0.3) is 0 Å². The van der Waals surface area contributed by atoms with Crippen molar-refractivity contribution in [3.63, 3.8) is 0 Å². The van der Waals surface area contributed by atoms with Crippen molar-refractivity contribution in [3.8, 4) is 0 Å². The molecule has 10 nitrogen and oxygen atoms in total. The van der Waals surface area contributed by atoms with Gasteiger partial charge in [-0.25, -0.2) is 4.79 Å². The number of benzene rings is 2. The summed E-state index contributed by atoms with van der Waals surface area (Å²) in [6, 6.07) is 14.1. The minimum atomic E-state index is -0.810. The summed E-state index contributed by atoms with van der Waals surface area (Å²) in [6.07, 6.45) is 1.44. The number of aromatic amines is 1. The van der Waals surface area contributed by atoms with Gasteiger partial charge in [-0.15, -0.1) is 0 Å². The van der Waals surface area contributed by atoms with Crippen LogP contribution in [0.2, 0.25) is 0 Å². The molecule has 10 heteroatoms. The lowest BCUT2D eigenvalue weighted by molar-refractivity contribution is -0.384. The van der Waals surface area contributed by atoms with Crippen molar-refractivity contribution in [1.29, 1.82) is 0 Å². The lowest BCUT2D eigenvalue weighted by Gasteiger charge is -2.25. The van der Waals surface area contributed by atoms with Crippen molar-refractivity contribution < 1.29 is 9.72 Å². The summed E-state index contributed by atoms with van der Waals surface area (Å²) in [7, 11) is 0. The number of nitrogens with zero attached hydrogens (tertiary/aromatic N) is 3. The third-order valence-corrected chi connectivity index (χ3v) is 4.95. The number of nitrogens with two attached hydrogens (primary N) is 1. The van der Waals surface area contributed by atoms with E-state index >= 15 is 0 Å². The molecule has 0 saturated heterocycles.